The van der Waals surface area contributed by atoms with Gasteiger partial charge in [-0.2, -0.15) is 4.72 Å². The summed E-state index contributed by atoms with van der Waals surface area (Å²) in [5.41, 5.74) is 0.998. The van der Waals surface area contributed by atoms with Crippen LogP contribution in [0, 0.1) is 5.82 Å². The number of methoxy groups -OCH3 is 1. The molecule has 1 aliphatic heterocycles. The molecule has 1 fully saturated rings. The van der Waals surface area contributed by atoms with Gasteiger partial charge >= 0.3 is 0 Å². The lowest BCUT2D eigenvalue weighted by Crippen LogP contribution is -2.50. The number of nitrogens with zero attached hydrogens (tertiary/aromatic N) is 2. The van der Waals surface area contributed by atoms with E-state index in [1.165, 1.54) is 38.3 Å². The summed E-state index contributed by atoms with van der Waals surface area (Å²) >= 11 is 0. The predicted octanol–water partition coefficient (Wildman–Crippen LogP) is 1.44. The van der Waals surface area contributed by atoms with E-state index in [4.69, 9.17) is 4.74 Å². The molecule has 3 rings (SSSR count). The maximum atomic E-state index is 13.1. The number of sulfonamides is 1. The van der Waals surface area contributed by atoms with Crippen LogP contribution < -0.4 is 19.7 Å². The van der Waals surface area contributed by atoms with Gasteiger partial charge in [-0.25, -0.2) is 12.8 Å². The predicted molar refractivity (Wildman–Crippen MR) is 121 cm³/mol. The zero-order valence-corrected chi connectivity index (χ0v) is 19.1. The average molecular weight is 465 g/mol. The van der Waals surface area contributed by atoms with Crippen LogP contribution in [0.15, 0.2) is 53.4 Å². The van der Waals surface area contributed by atoms with E-state index in [1.54, 1.807) is 24.3 Å². The second kappa shape index (κ2) is 10.8. The van der Waals surface area contributed by atoms with Gasteiger partial charge in [-0.3, -0.25) is 9.69 Å². The Morgan fingerprint density at radius 3 is 2.28 bits per heavy atom. The number of hydrogen-bond donors (Lipinski definition) is 2. The number of carbonyl (C=O) groups excluding carboxylic acids is 1. The van der Waals surface area contributed by atoms with Crippen molar-refractivity contribution in [2.24, 2.45) is 0 Å². The van der Waals surface area contributed by atoms with Crippen molar-refractivity contribution in [3.8, 4) is 5.75 Å². The Morgan fingerprint density at radius 2 is 1.69 bits per heavy atom. The number of ether oxygens (including phenoxy) is 1. The molecule has 174 valence electrons. The zero-order valence-electron chi connectivity index (χ0n) is 18.3. The van der Waals surface area contributed by atoms with E-state index in [2.05, 4.69) is 19.8 Å². The monoisotopic (exact) mass is 464 g/mol. The Morgan fingerprint density at radius 1 is 1.06 bits per heavy atom. The number of piperazine rings is 1. The lowest BCUT2D eigenvalue weighted by atomic mass is 10.2. The second-order valence-corrected chi connectivity index (χ2v) is 9.33. The van der Waals surface area contributed by atoms with Crippen LogP contribution in [-0.4, -0.2) is 71.6 Å². The van der Waals surface area contributed by atoms with Gasteiger partial charge in [0.15, 0.2) is 0 Å². The van der Waals surface area contributed by atoms with Crippen LogP contribution in [0.3, 0.4) is 0 Å². The highest BCUT2D eigenvalue weighted by Crippen LogP contribution is 2.17. The van der Waals surface area contributed by atoms with Gasteiger partial charge in [-0.05, 0) is 55.5 Å². The van der Waals surface area contributed by atoms with Crippen molar-refractivity contribution in [2.45, 2.75) is 17.9 Å². The summed E-state index contributed by atoms with van der Waals surface area (Å²) in [5, 5.41) is 2.79. The molecule has 8 nitrogen and oxygen atoms in total. The molecular weight excluding hydrogens is 435 g/mol. The molecule has 2 aromatic carbocycles. The quantitative estimate of drug-likeness (QED) is 0.584. The van der Waals surface area contributed by atoms with E-state index in [9.17, 15) is 17.6 Å². The highest BCUT2D eigenvalue weighted by atomic mass is 32.2. The largest absolute Gasteiger partial charge is 0.497 e. The molecule has 32 heavy (non-hydrogen) atoms. The van der Waals surface area contributed by atoms with Crippen molar-refractivity contribution in [3.05, 3.63) is 54.3 Å². The van der Waals surface area contributed by atoms with E-state index in [0.29, 0.717) is 18.8 Å². The normalized spacial score (nSPS) is 15.9. The van der Waals surface area contributed by atoms with Gasteiger partial charge in [0.1, 0.15) is 11.6 Å². The maximum Gasteiger partial charge on any atom is 0.241 e. The minimum absolute atomic E-state index is 0.0666. The van der Waals surface area contributed by atoms with E-state index in [-0.39, 0.29) is 16.6 Å². The molecule has 1 atom stereocenters. The molecular formula is C22H29FN4O4S. The first-order valence-corrected chi connectivity index (χ1v) is 11.9. The van der Waals surface area contributed by atoms with E-state index >= 15 is 0 Å². The first-order valence-electron chi connectivity index (χ1n) is 10.5. The molecule has 1 aliphatic rings. The van der Waals surface area contributed by atoms with E-state index in [0.717, 1.165) is 31.9 Å². The van der Waals surface area contributed by atoms with Crippen molar-refractivity contribution in [2.75, 3.05) is 51.3 Å². The number of anilines is 1. The molecule has 10 heteroatoms. The molecule has 2 N–H and O–H groups in total. The van der Waals surface area contributed by atoms with Gasteiger partial charge in [0.05, 0.1) is 18.0 Å². The highest BCUT2D eigenvalue weighted by Gasteiger charge is 2.22. The Hall–Kier alpha value is -2.69. The number of carbonyl (C=O) groups is 1. The molecule has 1 amide bonds. The number of rotatable bonds is 9. The molecule has 0 radical (unpaired) electrons. The van der Waals surface area contributed by atoms with Gasteiger partial charge < -0.3 is 15.0 Å². The fourth-order valence-corrected chi connectivity index (χ4v) is 4.68. The molecule has 0 saturated carbocycles. The van der Waals surface area contributed by atoms with Crippen LogP contribution in [0.5, 0.6) is 5.75 Å². The number of halogens is 1. The molecule has 1 saturated heterocycles. The minimum Gasteiger partial charge on any atom is -0.497 e. The van der Waals surface area contributed by atoms with Gasteiger partial charge in [0.2, 0.25) is 15.9 Å². The third kappa shape index (κ3) is 6.41. The minimum atomic E-state index is -3.82. The number of hydrogen-bond acceptors (Lipinski definition) is 6. The molecule has 0 aromatic heterocycles. The smallest absolute Gasteiger partial charge is 0.241 e. The van der Waals surface area contributed by atoms with Gasteiger partial charge in [0, 0.05) is 45.0 Å². The Kier molecular flexibility index (Phi) is 8.05. The fraction of sp³-hybridized carbons (Fsp3) is 0.409. The number of nitrogens with one attached hydrogen (secondary N) is 2. The Bertz CT molecular complexity index is 992. The van der Waals surface area contributed by atoms with Gasteiger partial charge in [0.25, 0.3) is 0 Å². The topological polar surface area (TPSA) is 91.0 Å². The van der Waals surface area contributed by atoms with Crippen molar-refractivity contribution in [3.63, 3.8) is 0 Å². The molecule has 0 unspecified atom stereocenters. The average Bonchev–Trinajstić information content (AvgIpc) is 2.80. The molecule has 0 aliphatic carbocycles. The van der Waals surface area contributed by atoms with Crippen molar-refractivity contribution in [1.29, 1.82) is 0 Å². The molecule has 1 heterocycles. The zero-order chi connectivity index (χ0) is 23.1. The first-order chi connectivity index (χ1) is 15.3. The molecule has 0 bridgehead atoms. The van der Waals surface area contributed by atoms with Gasteiger partial charge in [-0.15, -0.1) is 0 Å². The van der Waals surface area contributed by atoms with Crippen LogP contribution in [0.2, 0.25) is 0 Å². The lowest BCUT2D eigenvalue weighted by molar-refractivity contribution is -0.122. The van der Waals surface area contributed by atoms with E-state index < -0.39 is 16.1 Å². The SMILES string of the molecule is COc1ccc(S(=O)(=O)N[C@@H](C)C(=O)NCCN2CCN(c3ccc(F)cc3)CC2)cc1. The van der Waals surface area contributed by atoms with Crippen LogP contribution in [0.4, 0.5) is 10.1 Å². The standard InChI is InChI=1S/C22H29FN4O4S/c1-17(25-32(29,30)21-9-7-20(31-2)8-10-21)22(28)24-11-12-26-13-15-27(16-14-26)19-5-3-18(23)4-6-19/h3-10,17,25H,11-16H2,1-2H3,(H,24,28)/t17-/m0/s1. The molecule has 0 spiro atoms. The van der Waals surface area contributed by atoms with E-state index in [1.807, 2.05) is 0 Å². The number of benzene rings is 2. The summed E-state index contributed by atoms with van der Waals surface area (Å²) in [6.07, 6.45) is 0. The van der Waals surface area contributed by atoms with Crippen LogP contribution in [0.25, 0.3) is 0 Å². The summed E-state index contributed by atoms with van der Waals surface area (Å²) in [5.74, 6) is -0.0797. The number of amides is 1. The summed E-state index contributed by atoms with van der Waals surface area (Å²) in [6, 6.07) is 11.5. The second-order valence-electron chi connectivity index (χ2n) is 7.61. The highest BCUT2D eigenvalue weighted by molar-refractivity contribution is 7.89. The van der Waals surface area contributed by atoms with Crippen LogP contribution in [-0.2, 0) is 14.8 Å². The Balaban J connectivity index is 1.40. The van der Waals surface area contributed by atoms with Crippen molar-refractivity contribution in [1.82, 2.24) is 14.9 Å². The Labute approximate surface area is 188 Å². The van der Waals surface area contributed by atoms with Crippen LogP contribution >= 0.6 is 0 Å². The first kappa shape index (κ1) is 24.0. The third-order valence-corrected chi connectivity index (χ3v) is 6.94. The fourth-order valence-electron chi connectivity index (χ4n) is 3.48. The van der Waals surface area contributed by atoms with Crippen LogP contribution in [0.1, 0.15) is 6.92 Å². The third-order valence-electron chi connectivity index (χ3n) is 5.39. The van der Waals surface area contributed by atoms with Crippen molar-refractivity contribution >= 4 is 21.6 Å². The summed E-state index contributed by atoms with van der Waals surface area (Å²) in [4.78, 5) is 16.8. The molecule has 2 aromatic rings. The summed E-state index contributed by atoms with van der Waals surface area (Å²) in [6.45, 7) is 5.89. The lowest BCUT2D eigenvalue weighted by Gasteiger charge is -2.36. The van der Waals surface area contributed by atoms with Gasteiger partial charge in [-0.1, -0.05) is 0 Å². The maximum absolute atomic E-state index is 13.1. The summed E-state index contributed by atoms with van der Waals surface area (Å²) < 4.78 is 45.4. The summed E-state index contributed by atoms with van der Waals surface area (Å²) in [7, 11) is -2.32. The van der Waals surface area contributed by atoms with Crippen molar-refractivity contribution < 1.29 is 22.3 Å².